The third-order valence-corrected chi connectivity index (χ3v) is 6.10. The minimum atomic E-state index is -0.0418. The van der Waals surface area contributed by atoms with Crippen LogP contribution in [0.25, 0.3) is 6.08 Å². The number of benzene rings is 1. The number of hydrogen-bond acceptors (Lipinski definition) is 5. The van der Waals surface area contributed by atoms with Crippen LogP contribution in [0.5, 0.6) is 5.75 Å². The van der Waals surface area contributed by atoms with Gasteiger partial charge in [0.15, 0.2) is 5.78 Å². The van der Waals surface area contributed by atoms with Gasteiger partial charge >= 0.3 is 0 Å². The number of carbonyl (C=O) groups is 1. The molecule has 0 aliphatic carbocycles. The highest BCUT2D eigenvalue weighted by Gasteiger charge is 2.11. The first-order valence-corrected chi connectivity index (χ1v) is 10.4. The molecule has 3 rings (SSSR count). The number of nitriles is 1. The molecule has 0 radical (unpaired) electrons. The van der Waals surface area contributed by atoms with Gasteiger partial charge in [-0.3, -0.25) is 4.79 Å². The molecule has 142 valence electrons. The van der Waals surface area contributed by atoms with Gasteiger partial charge in [0.2, 0.25) is 0 Å². The summed E-state index contributed by atoms with van der Waals surface area (Å²) in [7, 11) is 0. The van der Waals surface area contributed by atoms with Crippen molar-refractivity contribution < 1.29 is 13.9 Å². The average molecular weight is 456 g/mol. The summed E-state index contributed by atoms with van der Waals surface area (Å²) in [5.74, 6) is 1.87. The highest BCUT2D eigenvalue weighted by atomic mass is 79.9. The molecule has 0 spiro atoms. The largest absolute Gasteiger partial charge is 0.486 e. The summed E-state index contributed by atoms with van der Waals surface area (Å²) >= 11 is 5.04. The van der Waals surface area contributed by atoms with Crippen molar-refractivity contribution in [2.24, 2.45) is 0 Å². The monoisotopic (exact) mass is 455 g/mol. The minimum Gasteiger partial charge on any atom is -0.486 e. The third kappa shape index (κ3) is 5.22. The predicted molar refractivity (Wildman–Crippen MR) is 114 cm³/mol. The Morgan fingerprint density at radius 1 is 1.29 bits per heavy atom. The smallest absolute Gasteiger partial charge is 0.195 e. The van der Waals surface area contributed by atoms with E-state index in [9.17, 15) is 4.79 Å². The van der Waals surface area contributed by atoms with Crippen molar-refractivity contribution in [3.05, 3.63) is 79.9 Å². The van der Waals surface area contributed by atoms with E-state index in [-0.39, 0.29) is 12.4 Å². The molecule has 3 aromatic rings. The fraction of sp³-hybridized carbons (Fsp3) is 0.182. The van der Waals surface area contributed by atoms with Crippen molar-refractivity contribution in [2.45, 2.75) is 26.4 Å². The van der Waals surface area contributed by atoms with Crippen molar-refractivity contribution in [3.8, 4) is 11.8 Å². The summed E-state index contributed by atoms with van der Waals surface area (Å²) in [5.41, 5.74) is 0.585. The lowest BCUT2D eigenvalue weighted by atomic mass is 10.2. The zero-order chi connectivity index (χ0) is 19.9. The molecule has 6 heteroatoms. The SMILES string of the molecule is CCCc1sc(C(=O)/C=C/c2ccc(COc3ccc(C#N)cc3)o2)cc1Br. The summed E-state index contributed by atoms with van der Waals surface area (Å²) in [6.07, 6.45) is 5.20. The van der Waals surface area contributed by atoms with Crippen LogP contribution in [-0.4, -0.2) is 5.78 Å². The standard InChI is InChI=1S/C22H18BrNO3S/c1-2-3-21-19(23)12-22(28-21)20(25)11-10-17-8-9-18(27-17)14-26-16-6-4-15(13-24)5-7-16/h4-12H,2-3,14H2,1H3/b11-10+. The highest BCUT2D eigenvalue weighted by Crippen LogP contribution is 2.29. The Hall–Kier alpha value is -2.62. The van der Waals surface area contributed by atoms with Crippen LogP contribution in [0.15, 0.2) is 57.4 Å². The van der Waals surface area contributed by atoms with E-state index in [0.29, 0.717) is 27.7 Å². The molecule has 0 atom stereocenters. The summed E-state index contributed by atoms with van der Waals surface area (Å²) in [6, 6.07) is 14.4. The molecular formula is C22H18BrNO3S. The predicted octanol–water partition coefficient (Wildman–Crippen LogP) is 6.40. The molecule has 4 nitrogen and oxygen atoms in total. The molecule has 0 fully saturated rings. The van der Waals surface area contributed by atoms with E-state index in [0.717, 1.165) is 17.3 Å². The Balaban J connectivity index is 1.58. The number of halogens is 1. The van der Waals surface area contributed by atoms with Crippen LogP contribution >= 0.6 is 27.3 Å². The second-order valence-electron chi connectivity index (χ2n) is 6.06. The maximum Gasteiger partial charge on any atom is 0.195 e. The van der Waals surface area contributed by atoms with E-state index in [1.165, 1.54) is 22.3 Å². The van der Waals surface area contributed by atoms with Gasteiger partial charge in [0, 0.05) is 9.35 Å². The van der Waals surface area contributed by atoms with E-state index in [1.807, 2.05) is 12.1 Å². The first-order chi connectivity index (χ1) is 13.6. The Kier molecular flexibility index (Phi) is 6.85. The number of furan rings is 1. The lowest BCUT2D eigenvalue weighted by Gasteiger charge is -2.03. The number of rotatable bonds is 8. The molecule has 2 aromatic heterocycles. The van der Waals surface area contributed by atoms with E-state index in [2.05, 4.69) is 28.9 Å². The molecule has 0 aliphatic rings. The number of ether oxygens (including phenoxy) is 1. The van der Waals surface area contributed by atoms with Crippen molar-refractivity contribution in [1.82, 2.24) is 0 Å². The van der Waals surface area contributed by atoms with Gasteiger partial charge in [-0.2, -0.15) is 5.26 Å². The molecular weight excluding hydrogens is 438 g/mol. The van der Waals surface area contributed by atoms with E-state index >= 15 is 0 Å². The molecule has 28 heavy (non-hydrogen) atoms. The van der Waals surface area contributed by atoms with E-state index < -0.39 is 0 Å². The Labute approximate surface area is 176 Å². The van der Waals surface area contributed by atoms with E-state index in [4.69, 9.17) is 14.4 Å². The topological polar surface area (TPSA) is 63.2 Å². The molecule has 0 saturated carbocycles. The molecule has 0 aliphatic heterocycles. The first kappa shape index (κ1) is 20.1. The fourth-order valence-corrected chi connectivity index (χ4v) is 4.40. The van der Waals surface area contributed by atoms with Crippen molar-refractivity contribution in [2.75, 3.05) is 0 Å². The normalized spacial score (nSPS) is 10.9. The summed E-state index contributed by atoms with van der Waals surface area (Å²) in [6.45, 7) is 2.39. The van der Waals surface area contributed by atoms with Gasteiger partial charge in [0.05, 0.1) is 16.5 Å². The lowest BCUT2D eigenvalue weighted by molar-refractivity contribution is 0.105. The van der Waals surface area contributed by atoms with Crippen LogP contribution in [0.4, 0.5) is 0 Å². The number of carbonyl (C=O) groups excluding carboxylic acids is 1. The fourth-order valence-electron chi connectivity index (χ4n) is 2.51. The number of hydrogen-bond donors (Lipinski definition) is 0. The van der Waals surface area contributed by atoms with Gasteiger partial charge in [-0.1, -0.05) is 13.3 Å². The number of nitrogens with zero attached hydrogens (tertiary/aromatic N) is 1. The number of allylic oxidation sites excluding steroid dienone is 1. The second-order valence-corrected chi connectivity index (χ2v) is 8.05. The van der Waals surface area contributed by atoms with Crippen LogP contribution in [0.2, 0.25) is 0 Å². The molecule has 1 aromatic carbocycles. The van der Waals surface area contributed by atoms with Crippen molar-refractivity contribution in [1.29, 1.82) is 5.26 Å². The number of aryl methyl sites for hydroxylation is 1. The highest BCUT2D eigenvalue weighted by molar-refractivity contribution is 9.10. The summed E-state index contributed by atoms with van der Waals surface area (Å²) in [5, 5.41) is 8.80. The second kappa shape index (κ2) is 9.54. The molecule has 0 amide bonds. The van der Waals surface area contributed by atoms with Gasteiger partial charge in [0.1, 0.15) is 23.9 Å². The zero-order valence-corrected chi connectivity index (χ0v) is 17.7. The maximum atomic E-state index is 12.4. The third-order valence-electron chi connectivity index (χ3n) is 3.92. The molecule has 0 unspecified atom stereocenters. The van der Waals surface area contributed by atoms with Crippen LogP contribution < -0.4 is 4.74 Å². The molecule has 0 N–H and O–H groups in total. The minimum absolute atomic E-state index is 0.0418. The Morgan fingerprint density at radius 3 is 2.79 bits per heavy atom. The van der Waals surface area contributed by atoms with E-state index in [1.54, 1.807) is 36.4 Å². The van der Waals surface area contributed by atoms with Gasteiger partial charge in [-0.05, 0) is 77.0 Å². The van der Waals surface area contributed by atoms with Crippen LogP contribution in [-0.2, 0) is 13.0 Å². The molecule has 2 heterocycles. The summed E-state index contributed by atoms with van der Waals surface area (Å²) in [4.78, 5) is 14.3. The maximum absolute atomic E-state index is 12.4. The van der Waals surface area contributed by atoms with Crippen molar-refractivity contribution >= 4 is 39.1 Å². The van der Waals surface area contributed by atoms with Gasteiger partial charge in [0.25, 0.3) is 0 Å². The van der Waals surface area contributed by atoms with Gasteiger partial charge < -0.3 is 9.15 Å². The number of ketones is 1. The Bertz CT molecular complexity index is 1020. The zero-order valence-electron chi connectivity index (χ0n) is 15.3. The van der Waals surface area contributed by atoms with Gasteiger partial charge in [-0.15, -0.1) is 11.3 Å². The van der Waals surface area contributed by atoms with Crippen LogP contribution in [0.1, 0.15) is 45.0 Å². The molecule has 0 saturated heterocycles. The lowest BCUT2D eigenvalue weighted by Crippen LogP contribution is -1.93. The van der Waals surface area contributed by atoms with Crippen LogP contribution in [0.3, 0.4) is 0 Å². The first-order valence-electron chi connectivity index (χ1n) is 8.81. The number of thiophene rings is 1. The van der Waals surface area contributed by atoms with Crippen molar-refractivity contribution in [3.63, 3.8) is 0 Å². The summed E-state index contributed by atoms with van der Waals surface area (Å²) < 4.78 is 12.3. The quantitative estimate of drug-likeness (QED) is 0.291. The Morgan fingerprint density at radius 2 is 2.07 bits per heavy atom. The van der Waals surface area contributed by atoms with Gasteiger partial charge in [-0.25, -0.2) is 0 Å². The molecule has 0 bridgehead atoms. The van der Waals surface area contributed by atoms with Crippen LogP contribution in [0, 0.1) is 11.3 Å². The average Bonchev–Trinajstić information content (AvgIpc) is 3.32.